The van der Waals surface area contributed by atoms with Gasteiger partial charge in [-0.15, -0.1) is 10.2 Å². The first-order valence-corrected chi connectivity index (χ1v) is 6.97. The molecule has 116 valence electrons. The molecule has 0 amide bonds. The average molecular weight is 310 g/mol. The Balaban J connectivity index is 1.65. The minimum Gasteiger partial charge on any atom is -0.451 e. The summed E-state index contributed by atoms with van der Waals surface area (Å²) in [6.45, 7) is 3.64. The van der Waals surface area contributed by atoms with Crippen LogP contribution in [0, 0.1) is 13.8 Å². The highest BCUT2D eigenvalue weighted by Crippen LogP contribution is 2.19. The van der Waals surface area contributed by atoms with Crippen molar-refractivity contribution in [3.63, 3.8) is 0 Å². The van der Waals surface area contributed by atoms with Crippen LogP contribution in [-0.2, 0) is 11.3 Å². The summed E-state index contributed by atoms with van der Waals surface area (Å²) in [6.07, 6.45) is 2.86. The molecule has 0 bridgehead atoms. The lowest BCUT2D eigenvalue weighted by Crippen LogP contribution is -2.08. The zero-order chi connectivity index (χ0) is 16.2. The van der Waals surface area contributed by atoms with Crippen molar-refractivity contribution < 1.29 is 13.9 Å². The molecule has 0 aliphatic carbocycles. The summed E-state index contributed by atoms with van der Waals surface area (Å²) in [5.41, 5.74) is 2.77. The van der Waals surface area contributed by atoms with E-state index in [0.29, 0.717) is 5.89 Å². The van der Waals surface area contributed by atoms with Crippen LogP contribution in [0.2, 0.25) is 0 Å². The SMILES string of the molecule is Cc1cccc(-c2nnc(COC(=O)c3cnc(C)cn3)o2)c1. The molecule has 0 aliphatic heterocycles. The zero-order valence-corrected chi connectivity index (χ0v) is 12.7. The van der Waals surface area contributed by atoms with Crippen LogP contribution in [0.3, 0.4) is 0 Å². The molecule has 23 heavy (non-hydrogen) atoms. The number of aryl methyl sites for hydroxylation is 2. The number of nitrogens with zero attached hydrogens (tertiary/aromatic N) is 4. The van der Waals surface area contributed by atoms with Gasteiger partial charge in [0.15, 0.2) is 12.3 Å². The molecule has 2 aromatic heterocycles. The van der Waals surface area contributed by atoms with Crippen molar-refractivity contribution in [1.29, 1.82) is 0 Å². The normalized spacial score (nSPS) is 10.5. The minimum atomic E-state index is -0.590. The smallest absolute Gasteiger partial charge is 0.359 e. The Labute approximate surface area is 132 Å². The van der Waals surface area contributed by atoms with Crippen LogP contribution in [0.5, 0.6) is 0 Å². The Hall–Kier alpha value is -3.09. The number of carbonyl (C=O) groups is 1. The maximum atomic E-state index is 11.8. The van der Waals surface area contributed by atoms with E-state index in [-0.39, 0.29) is 18.2 Å². The van der Waals surface area contributed by atoms with Crippen LogP contribution in [0.4, 0.5) is 0 Å². The van der Waals surface area contributed by atoms with E-state index >= 15 is 0 Å². The van der Waals surface area contributed by atoms with Gasteiger partial charge in [-0.2, -0.15) is 0 Å². The second-order valence-corrected chi connectivity index (χ2v) is 4.99. The molecule has 2 heterocycles. The Morgan fingerprint density at radius 1 is 1.17 bits per heavy atom. The van der Waals surface area contributed by atoms with Crippen molar-refractivity contribution in [1.82, 2.24) is 20.2 Å². The van der Waals surface area contributed by atoms with Crippen molar-refractivity contribution in [3.8, 4) is 11.5 Å². The molecule has 0 radical (unpaired) electrons. The summed E-state index contributed by atoms with van der Waals surface area (Å²) in [5, 5.41) is 7.83. The van der Waals surface area contributed by atoms with Gasteiger partial charge in [-0.05, 0) is 26.0 Å². The number of hydrogen-bond donors (Lipinski definition) is 0. The molecule has 0 aliphatic rings. The van der Waals surface area contributed by atoms with Crippen molar-refractivity contribution in [3.05, 3.63) is 59.5 Å². The number of hydrogen-bond acceptors (Lipinski definition) is 7. The van der Waals surface area contributed by atoms with Crippen molar-refractivity contribution >= 4 is 5.97 Å². The number of carbonyl (C=O) groups excluding carboxylic acids is 1. The highest BCUT2D eigenvalue weighted by molar-refractivity contribution is 5.86. The zero-order valence-electron chi connectivity index (χ0n) is 12.7. The van der Waals surface area contributed by atoms with E-state index in [4.69, 9.17) is 9.15 Å². The van der Waals surface area contributed by atoms with E-state index in [2.05, 4.69) is 20.2 Å². The number of aromatic nitrogens is 4. The molecule has 0 unspecified atom stereocenters. The van der Waals surface area contributed by atoms with Crippen molar-refractivity contribution in [2.75, 3.05) is 0 Å². The first kappa shape index (κ1) is 14.8. The minimum absolute atomic E-state index is 0.118. The van der Waals surface area contributed by atoms with Gasteiger partial charge in [-0.25, -0.2) is 9.78 Å². The molecule has 7 heteroatoms. The number of rotatable bonds is 4. The standard InChI is InChI=1S/C16H14N4O3/c1-10-4-3-5-12(6-10)15-20-19-14(23-15)9-22-16(21)13-8-17-11(2)7-18-13/h3-8H,9H2,1-2H3. The summed E-state index contributed by atoms with van der Waals surface area (Å²) in [5.74, 6) is 0.0117. The van der Waals surface area contributed by atoms with E-state index in [1.807, 2.05) is 31.2 Å². The molecule has 0 saturated carbocycles. The van der Waals surface area contributed by atoms with Crippen LogP contribution in [0.1, 0.15) is 27.6 Å². The van der Waals surface area contributed by atoms with E-state index < -0.39 is 5.97 Å². The van der Waals surface area contributed by atoms with Crippen molar-refractivity contribution in [2.24, 2.45) is 0 Å². The van der Waals surface area contributed by atoms with Gasteiger partial charge in [-0.3, -0.25) is 4.98 Å². The van der Waals surface area contributed by atoms with E-state index in [1.165, 1.54) is 12.4 Å². The molecule has 3 rings (SSSR count). The number of ether oxygens (including phenoxy) is 1. The third-order valence-corrected chi connectivity index (χ3v) is 3.05. The molecule has 7 nitrogen and oxygen atoms in total. The van der Waals surface area contributed by atoms with Gasteiger partial charge in [0.2, 0.25) is 5.89 Å². The fourth-order valence-corrected chi connectivity index (χ4v) is 1.91. The maximum absolute atomic E-state index is 11.8. The van der Waals surface area contributed by atoms with Gasteiger partial charge in [0.05, 0.1) is 11.9 Å². The number of esters is 1. The Kier molecular flexibility index (Phi) is 4.09. The van der Waals surface area contributed by atoms with Gasteiger partial charge in [0.1, 0.15) is 0 Å². The third kappa shape index (κ3) is 3.57. The molecule has 0 saturated heterocycles. The van der Waals surface area contributed by atoms with E-state index in [1.54, 1.807) is 6.92 Å². The predicted octanol–water partition coefficient (Wildman–Crippen LogP) is 2.50. The largest absolute Gasteiger partial charge is 0.451 e. The second kappa shape index (κ2) is 6.35. The quantitative estimate of drug-likeness (QED) is 0.684. The summed E-state index contributed by atoms with van der Waals surface area (Å²) in [6, 6.07) is 7.69. The van der Waals surface area contributed by atoms with Crippen molar-refractivity contribution in [2.45, 2.75) is 20.5 Å². The second-order valence-electron chi connectivity index (χ2n) is 4.99. The van der Waals surface area contributed by atoms with Gasteiger partial charge < -0.3 is 9.15 Å². The summed E-state index contributed by atoms with van der Waals surface area (Å²) >= 11 is 0. The Bertz CT molecular complexity index is 827. The highest BCUT2D eigenvalue weighted by atomic mass is 16.5. The first-order valence-electron chi connectivity index (χ1n) is 6.97. The Morgan fingerprint density at radius 2 is 2.04 bits per heavy atom. The van der Waals surface area contributed by atoms with E-state index in [0.717, 1.165) is 16.8 Å². The summed E-state index contributed by atoms with van der Waals surface area (Å²) in [4.78, 5) is 19.8. The molecule has 3 aromatic rings. The van der Waals surface area contributed by atoms with Crippen LogP contribution >= 0.6 is 0 Å². The number of benzene rings is 1. The molecular formula is C16H14N4O3. The highest BCUT2D eigenvalue weighted by Gasteiger charge is 2.13. The van der Waals surface area contributed by atoms with Gasteiger partial charge >= 0.3 is 5.97 Å². The average Bonchev–Trinajstić information content (AvgIpc) is 3.02. The maximum Gasteiger partial charge on any atom is 0.359 e. The Morgan fingerprint density at radius 3 is 2.78 bits per heavy atom. The van der Waals surface area contributed by atoms with Crippen LogP contribution < -0.4 is 0 Å². The third-order valence-electron chi connectivity index (χ3n) is 3.05. The summed E-state index contributed by atoms with van der Waals surface area (Å²) < 4.78 is 10.6. The lowest BCUT2D eigenvalue weighted by atomic mass is 10.1. The first-order chi connectivity index (χ1) is 11.1. The van der Waals surface area contributed by atoms with Gasteiger partial charge in [0, 0.05) is 11.8 Å². The molecule has 0 atom stereocenters. The van der Waals surface area contributed by atoms with Crippen LogP contribution in [-0.4, -0.2) is 26.1 Å². The lowest BCUT2D eigenvalue weighted by molar-refractivity contribution is 0.0431. The monoisotopic (exact) mass is 310 g/mol. The molecule has 0 fully saturated rings. The molecule has 0 N–H and O–H groups in total. The van der Waals surface area contributed by atoms with Crippen LogP contribution in [0.25, 0.3) is 11.5 Å². The molecular weight excluding hydrogens is 296 g/mol. The van der Waals surface area contributed by atoms with Crippen LogP contribution in [0.15, 0.2) is 41.1 Å². The molecule has 0 spiro atoms. The van der Waals surface area contributed by atoms with E-state index in [9.17, 15) is 4.79 Å². The van der Waals surface area contributed by atoms with Gasteiger partial charge in [0.25, 0.3) is 5.89 Å². The predicted molar refractivity (Wildman–Crippen MR) is 80.4 cm³/mol. The topological polar surface area (TPSA) is 91.0 Å². The lowest BCUT2D eigenvalue weighted by Gasteiger charge is -2.01. The fraction of sp³-hybridized carbons (Fsp3) is 0.188. The fourth-order valence-electron chi connectivity index (χ4n) is 1.91. The summed E-state index contributed by atoms with van der Waals surface area (Å²) in [7, 11) is 0. The molecule has 1 aromatic carbocycles. The van der Waals surface area contributed by atoms with Gasteiger partial charge in [-0.1, -0.05) is 17.7 Å².